The van der Waals surface area contributed by atoms with Crippen molar-refractivity contribution in [3.63, 3.8) is 0 Å². The standard InChI is InChI=1S/C16H31NO5Si/c1-15(2,3)22-14(20)17-11(12(18)9-13(17)19)10-21-23(7,8)16(4,5)6/h11-12,18H,9-10H2,1-8H3/t11-,12-/m1/s1. The van der Waals surface area contributed by atoms with E-state index in [2.05, 4.69) is 33.9 Å². The lowest BCUT2D eigenvalue weighted by atomic mass is 10.2. The van der Waals surface area contributed by atoms with Crippen LogP contribution in [0.3, 0.4) is 0 Å². The number of imide groups is 1. The van der Waals surface area contributed by atoms with E-state index in [0.29, 0.717) is 0 Å². The molecular formula is C16H31NO5Si. The van der Waals surface area contributed by atoms with Crippen LogP contribution >= 0.6 is 0 Å². The summed E-state index contributed by atoms with van der Waals surface area (Å²) in [6.45, 7) is 15.9. The van der Waals surface area contributed by atoms with Crippen molar-refractivity contribution < 1.29 is 23.9 Å². The number of nitrogens with zero attached hydrogens (tertiary/aromatic N) is 1. The van der Waals surface area contributed by atoms with Crippen LogP contribution in [0.1, 0.15) is 48.0 Å². The molecule has 0 aromatic carbocycles. The Morgan fingerprint density at radius 3 is 2.22 bits per heavy atom. The molecule has 0 aromatic rings. The van der Waals surface area contributed by atoms with Crippen LogP contribution in [-0.2, 0) is 14.0 Å². The quantitative estimate of drug-likeness (QED) is 0.796. The molecular weight excluding hydrogens is 314 g/mol. The van der Waals surface area contributed by atoms with Gasteiger partial charge in [0.2, 0.25) is 5.91 Å². The number of aliphatic hydroxyl groups excluding tert-OH is 1. The molecule has 134 valence electrons. The van der Waals surface area contributed by atoms with E-state index in [4.69, 9.17) is 9.16 Å². The van der Waals surface area contributed by atoms with Crippen molar-refractivity contribution in [3.05, 3.63) is 0 Å². The van der Waals surface area contributed by atoms with Crippen molar-refractivity contribution in [2.24, 2.45) is 0 Å². The highest BCUT2D eigenvalue weighted by Crippen LogP contribution is 2.37. The second kappa shape index (κ2) is 6.53. The van der Waals surface area contributed by atoms with Crippen molar-refractivity contribution in [1.29, 1.82) is 0 Å². The lowest BCUT2D eigenvalue weighted by molar-refractivity contribution is -0.128. The molecule has 6 nitrogen and oxygen atoms in total. The zero-order chi connectivity index (χ0) is 18.2. The fourth-order valence-electron chi connectivity index (χ4n) is 2.01. The topological polar surface area (TPSA) is 76.1 Å². The van der Waals surface area contributed by atoms with Gasteiger partial charge in [-0.1, -0.05) is 20.8 Å². The number of rotatable bonds is 3. The SMILES string of the molecule is CC(C)(C)OC(=O)N1C(=O)C[C@@H](O)[C@H]1CO[Si](C)(C)C(C)(C)C. The third-order valence-electron chi connectivity index (χ3n) is 4.44. The molecule has 1 N–H and O–H groups in total. The summed E-state index contributed by atoms with van der Waals surface area (Å²) in [5.41, 5.74) is -0.699. The molecule has 2 atom stereocenters. The third-order valence-corrected chi connectivity index (χ3v) is 8.94. The Labute approximate surface area is 140 Å². The van der Waals surface area contributed by atoms with Gasteiger partial charge in [-0.05, 0) is 38.9 Å². The maximum atomic E-state index is 12.3. The van der Waals surface area contributed by atoms with Crippen molar-refractivity contribution in [2.45, 2.75) is 83.8 Å². The first-order chi connectivity index (χ1) is 10.2. The summed E-state index contributed by atoms with van der Waals surface area (Å²) >= 11 is 0. The maximum absolute atomic E-state index is 12.3. The Balaban J connectivity index is 2.86. The van der Waals surface area contributed by atoms with Crippen LogP contribution in [0.2, 0.25) is 18.1 Å². The molecule has 0 spiro atoms. The number of carbonyl (C=O) groups excluding carboxylic acids is 2. The second-order valence-corrected chi connectivity index (χ2v) is 13.5. The van der Waals surface area contributed by atoms with Gasteiger partial charge in [0.25, 0.3) is 0 Å². The summed E-state index contributed by atoms with van der Waals surface area (Å²) in [4.78, 5) is 25.4. The monoisotopic (exact) mass is 345 g/mol. The number of hydrogen-bond acceptors (Lipinski definition) is 5. The van der Waals surface area contributed by atoms with E-state index in [1.54, 1.807) is 20.8 Å². The molecule has 1 saturated heterocycles. The highest BCUT2D eigenvalue weighted by Gasteiger charge is 2.46. The second-order valence-electron chi connectivity index (χ2n) is 8.65. The average Bonchev–Trinajstić information content (AvgIpc) is 2.57. The number of hydrogen-bond donors (Lipinski definition) is 1. The summed E-state index contributed by atoms with van der Waals surface area (Å²) in [6.07, 6.45) is -1.72. The first kappa shape index (κ1) is 20.1. The number of likely N-dealkylation sites (tertiary alicyclic amines) is 1. The summed E-state index contributed by atoms with van der Waals surface area (Å²) in [6, 6.07) is -0.688. The Morgan fingerprint density at radius 2 is 1.78 bits per heavy atom. The van der Waals surface area contributed by atoms with E-state index in [1.165, 1.54) is 0 Å². The zero-order valence-corrected chi connectivity index (χ0v) is 16.6. The maximum Gasteiger partial charge on any atom is 0.417 e. The van der Waals surface area contributed by atoms with Gasteiger partial charge in [-0.2, -0.15) is 0 Å². The predicted octanol–water partition coefficient (Wildman–Crippen LogP) is 2.91. The lowest BCUT2D eigenvalue weighted by Crippen LogP contribution is -2.50. The first-order valence-electron chi connectivity index (χ1n) is 8.03. The summed E-state index contributed by atoms with van der Waals surface area (Å²) in [5, 5.41) is 10.2. The molecule has 0 aromatic heterocycles. The molecule has 2 amide bonds. The predicted molar refractivity (Wildman–Crippen MR) is 90.6 cm³/mol. The van der Waals surface area contributed by atoms with Gasteiger partial charge in [0.1, 0.15) is 5.60 Å². The summed E-state index contributed by atoms with van der Waals surface area (Å²) < 4.78 is 11.4. The minimum Gasteiger partial charge on any atom is -0.443 e. The normalized spacial score (nSPS) is 23.3. The molecule has 0 radical (unpaired) electrons. The zero-order valence-electron chi connectivity index (χ0n) is 15.6. The van der Waals surface area contributed by atoms with E-state index in [9.17, 15) is 14.7 Å². The van der Waals surface area contributed by atoms with Gasteiger partial charge >= 0.3 is 6.09 Å². The van der Waals surface area contributed by atoms with Crippen LogP contribution < -0.4 is 0 Å². The van der Waals surface area contributed by atoms with Gasteiger partial charge in [-0.15, -0.1) is 0 Å². The molecule has 1 rings (SSSR count). The smallest absolute Gasteiger partial charge is 0.417 e. The van der Waals surface area contributed by atoms with Crippen LogP contribution in [0.5, 0.6) is 0 Å². The Kier molecular flexibility index (Phi) is 5.71. The molecule has 1 aliphatic heterocycles. The van der Waals surface area contributed by atoms with Crippen LogP contribution in [0.15, 0.2) is 0 Å². The molecule has 23 heavy (non-hydrogen) atoms. The van der Waals surface area contributed by atoms with E-state index in [1.807, 2.05) is 0 Å². The molecule has 1 heterocycles. The molecule has 0 saturated carbocycles. The van der Waals surface area contributed by atoms with E-state index < -0.39 is 38.1 Å². The van der Waals surface area contributed by atoms with Gasteiger partial charge in [0, 0.05) is 0 Å². The minimum absolute atomic E-state index is 0.0112. The Bertz CT molecular complexity index is 464. The highest BCUT2D eigenvalue weighted by molar-refractivity contribution is 6.74. The van der Waals surface area contributed by atoms with Crippen LogP contribution in [0.4, 0.5) is 4.79 Å². The van der Waals surface area contributed by atoms with Crippen LogP contribution in [0, 0.1) is 0 Å². The van der Waals surface area contributed by atoms with E-state index in [0.717, 1.165) is 4.90 Å². The lowest BCUT2D eigenvalue weighted by Gasteiger charge is -2.38. The Hall–Kier alpha value is -0.923. The molecule has 0 unspecified atom stereocenters. The van der Waals surface area contributed by atoms with Gasteiger partial charge in [-0.25, -0.2) is 9.69 Å². The van der Waals surface area contributed by atoms with Gasteiger partial charge in [-0.3, -0.25) is 4.79 Å². The Morgan fingerprint density at radius 1 is 1.26 bits per heavy atom. The molecule has 0 aliphatic carbocycles. The number of amides is 2. The van der Waals surface area contributed by atoms with E-state index in [-0.39, 0.29) is 18.1 Å². The van der Waals surface area contributed by atoms with Crippen molar-refractivity contribution in [1.82, 2.24) is 4.90 Å². The van der Waals surface area contributed by atoms with Crippen molar-refractivity contribution in [3.8, 4) is 0 Å². The average molecular weight is 346 g/mol. The minimum atomic E-state index is -2.04. The first-order valence-corrected chi connectivity index (χ1v) is 10.9. The number of aliphatic hydroxyl groups is 1. The van der Waals surface area contributed by atoms with Gasteiger partial charge in [0.15, 0.2) is 8.32 Å². The van der Waals surface area contributed by atoms with Crippen LogP contribution in [0.25, 0.3) is 0 Å². The number of ether oxygens (including phenoxy) is 1. The fraction of sp³-hybridized carbons (Fsp3) is 0.875. The highest BCUT2D eigenvalue weighted by atomic mass is 28.4. The van der Waals surface area contributed by atoms with Crippen LogP contribution in [-0.4, -0.2) is 54.7 Å². The molecule has 1 aliphatic rings. The largest absolute Gasteiger partial charge is 0.443 e. The van der Waals surface area contributed by atoms with Crippen molar-refractivity contribution >= 4 is 20.3 Å². The van der Waals surface area contributed by atoms with E-state index >= 15 is 0 Å². The molecule has 7 heteroatoms. The summed E-state index contributed by atoms with van der Waals surface area (Å²) in [5.74, 6) is -0.421. The number of carbonyl (C=O) groups is 2. The molecule has 0 bridgehead atoms. The third kappa shape index (κ3) is 5.02. The van der Waals surface area contributed by atoms with Crippen molar-refractivity contribution in [2.75, 3.05) is 6.61 Å². The van der Waals surface area contributed by atoms with Gasteiger partial charge in [0.05, 0.1) is 25.2 Å². The fourth-order valence-corrected chi connectivity index (χ4v) is 3.03. The molecule has 1 fully saturated rings. The van der Waals surface area contributed by atoms with Gasteiger partial charge < -0.3 is 14.3 Å². The summed E-state index contributed by atoms with van der Waals surface area (Å²) in [7, 11) is -2.04.